The SMILES string of the molecule is CC1(C)CCCC1C(Cl)c1csc2ccccc12. The topological polar surface area (TPSA) is 0 Å². The van der Waals surface area contributed by atoms with Gasteiger partial charge in [-0.15, -0.1) is 22.9 Å². The fraction of sp³-hybridized carbons (Fsp3) is 0.500. The van der Waals surface area contributed by atoms with Crippen molar-refractivity contribution in [1.82, 2.24) is 0 Å². The van der Waals surface area contributed by atoms with Crippen molar-refractivity contribution in [3.8, 4) is 0 Å². The molecule has 18 heavy (non-hydrogen) atoms. The van der Waals surface area contributed by atoms with Gasteiger partial charge in [-0.25, -0.2) is 0 Å². The van der Waals surface area contributed by atoms with Crippen LogP contribution in [0.1, 0.15) is 44.1 Å². The van der Waals surface area contributed by atoms with Crippen LogP contribution < -0.4 is 0 Å². The van der Waals surface area contributed by atoms with Crippen LogP contribution in [0.25, 0.3) is 10.1 Å². The Morgan fingerprint density at radius 3 is 2.83 bits per heavy atom. The van der Waals surface area contributed by atoms with E-state index in [1.54, 1.807) is 0 Å². The molecular weight excluding hydrogens is 260 g/mol. The van der Waals surface area contributed by atoms with Gasteiger partial charge in [0.2, 0.25) is 0 Å². The minimum Gasteiger partial charge on any atom is -0.143 e. The van der Waals surface area contributed by atoms with Crippen LogP contribution in [0.3, 0.4) is 0 Å². The monoisotopic (exact) mass is 278 g/mol. The minimum atomic E-state index is 0.165. The van der Waals surface area contributed by atoms with Crippen molar-refractivity contribution in [3.05, 3.63) is 35.2 Å². The van der Waals surface area contributed by atoms with Gasteiger partial charge >= 0.3 is 0 Å². The Hall–Kier alpha value is -0.530. The molecule has 0 radical (unpaired) electrons. The van der Waals surface area contributed by atoms with Gasteiger partial charge in [0.1, 0.15) is 0 Å². The van der Waals surface area contributed by atoms with Crippen molar-refractivity contribution in [3.63, 3.8) is 0 Å². The highest BCUT2D eigenvalue weighted by molar-refractivity contribution is 7.17. The van der Waals surface area contributed by atoms with Gasteiger partial charge in [-0.1, -0.05) is 38.5 Å². The standard InChI is InChI=1S/C16H19ClS/c1-16(2)9-5-7-13(16)15(17)12-10-18-14-8-4-3-6-11(12)14/h3-4,6,8,10,13,15H,5,7,9H2,1-2H3. The number of rotatable bonds is 2. The smallest absolute Gasteiger partial charge is 0.0632 e. The first kappa shape index (κ1) is 12.5. The second kappa shape index (κ2) is 4.54. The Morgan fingerprint density at radius 2 is 2.11 bits per heavy atom. The first-order valence-corrected chi connectivity index (χ1v) is 8.01. The Balaban J connectivity index is 1.99. The average Bonchev–Trinajstić information content (AvgIpc) is 2.91. The number of hydrogen-bond acceptors (Lipinski definition) is 1. The predicted octanol–water partition coefficient (Wildman–Crippen LogP) is 6.01. The fourth-order valence-electron chi connectivity index (χ4n) is 3.32. The highest BCUT2D eigenvalue weighted by atomic mass is 35.5. The molecule has 2 atom stereocenters. The van der Waals surface area contributed by atoms with E-state index < -0.39 is 0 Å². The van der Waals surface area contributed by atoms with Crippen LogP contribution >= 0.6 is 22.9 Å². The molecule has 2 aromatic rings. The van der Waals surface area contributed by atoms with Gasteiger partial charge in [-0.05, 0) is 46.6 Å². The summed E-state index contributed by atoms with van der Waals surface area (Å²) in [5, 5.41) is 3.78. The third-order valence-electron chi connectivity index (χ3n) is 4.50. The van der Waals surface area contributed by atoms with Gasteiger partial charge in [-0.3, -0.25) is 0 Å². The van der Waals surface area contributed by atoms with Crippen molar-refractivity contribution in [2.45, 2.75) is 38.5 Å². The van der Waals surface area contributed by atoms with Gasteiger partial charge in [0.05, 0.1) is 5.38 Å². The van der Waals surface area contributed by atoms with Crippen LogP contribution in [0.5, 0.6) is 0 Å². The minimum absolute atomic E-state index is 0.165. The second-order valence-electron chi connectivity index (χ2n) is 6.08. The largest absolute Gasteiger partial charge is 0.143 e. The first-order chi connectivity index (χ1) is 8.59. The Kier molecular flexibility index (Phi) is 3.15. The van der Waals surface area contributed by atoms with E-state index in [0.29, 0.717) is 11.3 Å². The van der Waals surface area contributed by atoms with Crippen LogP contribution in [0, 0.1) is 11.3 Å². The van der Waals surface area contributed by atoms with Crippen LogP contribution in [-0.4, -0.2) is 0 Å². The van der Waals surface area contributed by atoms with Crippen LogP contribution in [-0.2, 0) is 0 Å². The lowest BCUT2D eigenvalue weighted by molar-refractivity contribution is 0.253. The molecule has 0 amide bonds. The van der Waals surface area contributed by atoms with E-state index in [4.69, 9.17) is 11.6 Å². The summed E-state index contributed by atoms with van der Waals surface area (Å²) < 4.78 is 1.36. The quantitative estimate of drug-likeness (QED) is 0.590. The van der Waals surface area contributed by atoms with Crippen LogP contribution in [0.4, 0.5) is 0 Å². The van der Waals surface area contributed by atoms with Gasteiger partial charge in [0.15, 0.2) is 0 Å². The predicted molar refractivity (Wildman–Crippen MR) is 81.5 cm³/mol. The van der Waals surface area contributed by atoms with Crippen molar-refractivity contribution in [2.75, 3.05) is 0 Å². The maximum Gasteiger partial charge on any atom is 0.0632 e. The van der Waals surface area contributed by atoms with Gasteiger partial charge in [-0.2, -0.15) is 0 Å². The van der Waals surface area contributed by atoms with Crippen LogP contribution in [0.15, 0.2) is 29.6 Å². The summed E-state index contributed by atoms with van der Waals surface area (Å²) >= 11 is 8.64. The maximum absolute atomic E-state index is 6.82. The summed E-state index contributed by atoms with van der Waals surface area (Å²) in [5.74, 6) is 0.608. The van der Waals surface area contributed by atoms with E-state index in [2.05, 4.69) is 43.5 Å². The van der Waals surface area contributed by atoms with Gasteiger partial charge < -0.3 is 0 Å². The molecule has 2 heteroatoms. The summed E-state index contributed by atoms with van der Waals surface area (Å²) in [6.45, 7) is 4.74. The van der Waals surface area contributed by atoms with Crippen molar-refractivity contribution >= 4 is 33.0 Å². The number of hydrogen-bond donors (Lipinski definition) is 0. The molecule has 1 heterocycles. The molecule has 1 aliphatic rings. The lowest BCUT2D eigenvalue weighted by Gasteiger charge is -2.30. The Bertz CT molecular complexity index is 555. The number of halogens is 1. The van der Waals surface area contributed by atoms with E-state index in [1.807, 2.05) is 11.3 Å². The highest BCUT2D eigenvalue weighted by Gasteiger charge is 2.39. The summed E-state index contributed by atoms with van der Waals surface area (Å²) in [5.41, 5.74) is 1.73. The lowest BCUT2D eigenvalue weighted by atomic mass is 9.78. The molecule has 2 unspecified atom stereocenters. The number of alkyl halides is 1. The zero-order valence-electron chi connectivity index (χ0n) is 10.9. The first-order valence-electron chi connectivity index (χ1n) is 6.70. The highest BCUT2D eigenvalue weighted by Crippen LogP contribution is 2.52. The van der Waals surface area contributed by atoms with Crippen molar-refractivity contribution < 1.29 is 0 Å². The molecule has 1 fully saturated rings. The second-order valence-corrected chi connectivity index (χ2v) is 7.46. The summed E-state index contributed by atoms with van der Waals surface area (Å²) in [4.78, 5) is 0. The molecule has 0 saturated heterocycles. The summed E-state index contributed by atoms with van der Waals surface area (Å²) in [6.07, 6.45) is 3.90. The maximum atomic E-state index is 6.82. The van der Waals surface area contributed by atoms with E-state index in [1.165, 1.54) is 34.9 Å². The molecule has 0 nitrogen and oxygen atoms in total. The molecule has 1 aromatic heterocycles. The average molecular weight is 279 g/mol. The van der Waals surface area contributed by atoms with E-state index >= 15 is 0 Å². The molecule has 0 N–H and O–H groups in total. The summed E-state index contributed by atoms with van der Waals surface area (Å²) in [6, 6.07) is 8.61. The third-order valence-corrected chi connectivity index (χ3v) is 6.02. The number of fused-ring (bicyclic) bond motifs is 1. The Labute approximate surface area is 118 Å². The molecule has 1 aromatic carbocycles. The Morgan fingerprint density at radius 1 is 1.33 bits per heavy atom. The van der Waals surface area contributed by atoms with Crippen molar-refractivity contribution in [1.29, 1.82) is 0 Å². The molecule has 0 aliphatic heterocycles. The molecule has 0 bridgehead atoms. The molecule has 1 aliphatic carbocycles. The molecule has 1 saturated carbocycles. The molecule has 0 spiro atoms. The lowest BCUT2D eigenvalue weighted by Crippen LogP contribution is -2.21. The summed E-state index contributed by atoms with van der Waals surface area (Å²) in [7, 11) is 0. The van der Waals surface area contributed by atoms with Gasteiger partial charge in [0.25, 0.3) is 0 Å². The zero-order chi connectivity index (χ0) is 12.8. The number of thiophene rings is 1. The third kappa shape index (κ3) is 1.98. The van der Waals surface area contributed by atoms with E-state index in [9.17, 15) is 0 Å². The zero-order valence-corrected chi connectivity index (χ0v) is 12.5. The number of benzene rings is 1. The molecule has 3 rings (SSSR count). The van der Waals surface area contributed by atoms with Crippen LogP contribution in [0.2, 0.25) is 0 Å². The van der Waals surface area contributed by atoms with E-state index in [0.717, 1.165) is 0 Å². The fourth-order valence-corrected chi connectivity index (χ4v) is 5.04. The van der Waals surface area contributed by atoms with Gasteiger partial charge in [0, 0.05) is 4.70 Å². The molecule has 96 valence electrons. The normalized spacial score (nSPS) is 24.5. The van der Waals surface area contributed by atoms with Crippen molar-refractivity contribution in [2.24, 2.45) is 11.3 Å². The van der Waals surface area contributed by atoms with E-state index in [-0.39, 0.29) is 5.38 Å². The molecular formula is C16H19ClS.